The van der Waals surface area contributed by atoms with Gasteiger partial charge in [-0.2, -0.15) is 0 Å². The number of benzene rings is 1. The van der Waals surface area contributed by atoms with E-state index in [1.165, 1.54) is 44.2 Å². The minimum Gasteiger partial charge on any atom is -0.491 e. The molecule has 0 spiro atoms. The molecule has 24 heavy (non-hydrogen) atoms. The number of piperidine rings is 1. The van der Waals surface area contributed by atoms with E-state index >= 15 is 0 Å². The van der Waals surface area contributed by atoms with Gasteiger partial charge in [-0.25, -0.2) is 0 Å². The average Bonchev–Trinajstić information content (AvgIpc) is 2.60. The van der Waals surface area contributed by atoms with Gasteiger partial charge in [0.2, 0.25) is 0 Å². The molecule has 3 heteroatoms. The number of hydrogen-bond donors (Lipinski definition) is 1. The summed E-state index contributed by atoms with van der Waals surface area (Å²) >= 11 is 0. The molecule has 3 nitrogen and oxygen atoms in total. The number of para-hydroxylation sites is 1. The third-order valence-electron chi connectivity index (χ3n) is 5.82. The van der Waals surface area contributed by atoms with Gasteiger partial charge in [0.15, 0.2) is 0 Å². The maximum absolute atomic E-state index is 10.4. The summed E-state index contributed by atoms with van der Waals surface area (Å²) in [6.45, 7) is 7.78. The van der Waals surface area contributed by atoms with Crippen LogP contribution < -0.4 is 4.74 Å². The zero-order valence-corrected chi connectivity index (χ0v) is 15.3. The summed E-state index contributed by atoms with van der Waals surface area (Å²) in [5.74, 6) is 3.16. The van der Waals surface area contributed by atoms with Crippen molar-refractivity contribution in [2.45, 2.75) is 58.0 Å². The lowest BCUT2D eigenvalue weighted by atomic mass is 9.75. The molecular formula is C21H33NO2. The number of aliphatic hydroxyl groups is 1. The Labute approximate surface area is 147 Å². The fourth-order valence-corrected chi connectivity index (χ4v) is 4.47. The fraction of sp³-hybridized carbons (Fsp3) is 0.714. The zero-order chi connectivity index (χ0) is 16.9. The SMILES string of the molecule is CC(C)c1ccccc1OC[C@@H](O)CN1CC[C@@H]2CCCC[C@@H]2C1. The smallest absolute Gasteiger partial charge is 0.122 e. The van der Waals surface area contributed by atoms with E-state index in [2.05, 4.69) is 24.8 Å². The van der Waals surface area contributed by atoms with Crippen LogP contribution in [0.4, 0.5) is 0 Å². The Morgan fingerprint density at radius 2 is 1.88 bits per heavy atom. The zero-order valence-electron chi connectivity index (χ0n) is 15.3. The minimum absolute atomic E-state index is 0.383. The van der Waals surface area contributed by atoms with Crippen LogP contribution in [-0.2, 0) is 0 Å². The summed E-state index contributed by atoms with van der Waals surface area (Å²) in [5, 5.41) is 10.4. The summed E-state index contributed by atoms with van der Waals surface area (Å²) in [6.07, 6.45) is 6.53. The van der Waals surface area contributed by atoms with E-state index < -0.39 is 6.10 Å². The van der Waals surface area contributed by atoms with Crippen LogP contribution in [-0.4, -0.2) is 42.4 Å². The molecule has 3 atom stereocenters. The molecule has 1 aromatic rings. The van der Waals surface area contributed by atoms with Gasteiger partial charge in [0.25, 0.3) is 0 Å². The molecule has 1 saturated heterocycles. The van der Waals surface area contributed by atoms with Crippen LogP contribution in [0.15, 0.2) is 24.3 Å². The summed E-state index contributed by atoms with van der Waals surface area (Å²) in [4.78, 5) is 2.45. The minimum atomic E-state index is -0.412. The third-order valence-corrected chi connectivity index (χ3v) is 5.82. The van der Waals surface area contributed by atoms with Crippen molar-refractivity contribution in [2.75, 3.05) is 26.2 Å². The van der Waals surface area contributed by atoms with E-state index in [1.54, 1.807) is 0 Å². The van der Waals surface area contributed by atoms with Crippen LogP contribution in [0.25, 0.3) is 0 Å². The van der Waals surface area contributed by atoms with Crippen molar-refractivity contribution >= 4 is 0 Å². The number of rotatable bonds is 6. The fourth-order valence-electron chi connectivity index (χ4n) is 4.47. The maximum atomic E-state index is 10.4. The molecule has 134 valence electrons. The summed E-state index contributed by atoms with van der Waals surface area (Å²) < 4.78 is 5.93. The second-order valence-corrected chi connectivity index (χ2v) is 8.01. The Balaban J connectivity index is 1.47. The molecule has 2 aliphatic rings. The molecule has 0 radical (unpaired) electrons. The van der Waals surface area contributed by atoms with E-state index in [1.807, 2.05) is 18.2 Å². The highest BCUT2D eigenvalue weighted by Gasteiger charge is 2.31. The molecule has 0 amide bonds. The molecule has 0 unspecified atom stereocenters. The monoisotopic (exact) mass is 331 g/mol. The van der Waals surface area contributed by atoms with Gasteiger partial charge in [-0.3, -0.25) is 0 Å². The molecule has 1 aromatic carbocycles. The van der Waals surface area contributed by atoms with Gasteiger partial charge in [-0.1, -0.05) is 51.3 Å². The van der Waals surface area contributed by atoms with Crippen LogP contribution in [0.1, 0.15) is 57.4 Å². The predicted octanol–water partition coefficient (Wildman–Crippen LogP) is 4.06. The molecule has 3 rings (SSSR count). The molecule has 1 aliphatic heterocycles. The van der Waals surface area contributed by atoms with Crippen molar-refractivity contribution in [3.63, 3.8) is 0 Å². The highest BCUT2D eigenvalue weighted by molar-refractivity contribution is 5.35. The molecule has 2 fully saturated rings. The Kier molecular flexibility index (Phi) is 6.18. The summed E-state index contributed by atoms with van der Waals surface area (Å²) in [7, 11) is 0. The van der Waals surface area contributed by atoms with Crippen LogP contribution in [0.5, 0.6) is 5.75 Å². The van der Waals surface area contributed by atoms with E-state index in [9.17, 15) is 5.11 Å². The summed E-state index contributed by atoms with van der Waals surface area (Å²) in [5.41, 5.74) is 1.22. The Morgan fingerprint density at radius 3 is 2.67 bits per heavy atom. The lowest BCUT2D eigenvalue weighted by molar-refractivity contribution is 0.0279. The number of aliphatic hydroxyl groups excluding tert-OH is 1. The van der Waals surface area contributed by atoms with Crippen LogP contribution >= 0.6 is 0 Å². The molecule has 1 saturated carbocycles. The molecule has 1 heterocycles. The van der Waals surface area contributed by atoms with Crippen LogP contribution in [0, 0.1) is 11.8 Å². The molecule has 0 aromatic heterocycles. The quantitative estimate of drug-likeness (QED) is 0.853. The van der Waals surface area contributed by atoms with Crippen molar-refractivity contribution in [2.24, 2.45) is 11.8 Å². The van der Waals surface area contributed by atoms with E-state index in [4.69, 9.17) is 4.74 Å². The topological polar surface area (TPSA) is 32.7 Å². The van der Waals surface area contributed by atoms with Gasteiger partial charge >= 0.3 is 0 Å². The number of hydrogen-bond acceptors (Lipinski definition) is 3. The molecular weight excluding hydrogens is 298 g/mol. The first-order valence-corrected chi connectivity index (χ1v) is 9.75. The average molecular weight is 332 g/mol. The van der Waals surface area contributed by atoms with Crippen molar-refractivity contribution < 1.29 is 9.84 Å². The standard InChI is InChI=1S/C21H33NO2/c1-16(2)20-9-5-6-10-21(20)24-15-19(23)14-22-12-11-17-7-3-4-8-18(17)13-22/h5-6,9-10,16-19,23H,3-4,7-8,11-15H2,1-2H3/t17-,18+,19-/m0/s1. The van der Waals surface area contributed by atoms with Gasteiger partial charge in [0, 0.05) is 13.1 Å². The van der Waals surface area contributed by atoms with Crippen LogP contribution in [0.3, 0.4) is 0 Å². The normalized spacial score (nSPS) is 26.2. The number of β-amino-alcohol motifs (C(OH)–C–C–N with tert-alkyl or cyclic N) is 1. The van der Waals surface area contributed by atoms with E-state index in [-0.39, 0.29) is 0 Å². The van der Waals surface area contributed by atoms with Gasteiger partial charge in [0.05, 0.1) is 0 Å². The highest BCUT2D eigenvalue weighted by Crippen LogP contribution is 2.36. The predicted molar refractivity (Wildman–Crippen MR) is 98.5 cm³/mol. The van der Waals surface area contributed by atoms with Gasteiger partial charge in [-0.15, -0.1) is 0 Å². The van der Waals surface area contributed by atoms with E-state index in [0.717, 1.165) is 30.7 Å². The van der Waals surface area contributed by atoms with Crippen molar-refractivity contribution in [3.8, 4) is 5.75 Å². The Morgan fingerprint density at radius 1 is 1.12 bits per heavy atom. The van der Waals surface area contributed by atoms with Crippen molar-refractivity contribution in [3.05, 3.63) is 29.8 Å². The van der Waals surface area contributed by atoms with Gasteiger partial charge in [0.1, 0.15) is 18.5 Å². The number of likely N-dealkylation sites (tertiary alicyclic amines) is 1. The number of ether oxygens (including phenoxy) is 1. The second kappa shape index (κ2) is 8.35. The Hall–Kier alpha value is -1.06. The second-order valence-electron chi connectivity index (χ2n) is 8.01. The Bertz CT molecular complexity index is 516. The molecule has 0 bridgehead atoms. The first-order valence-electron chi connectivity index (χ1n) is 9.75. The molecule has 1 N–H and O–H groups in total. The number of fused-ring (bicyclic) bond motifs is 1. The van der Waals surface area contributed by atoms with Crippen molar-refractivity contribution in [1.29, 1.82) is 0 Å². The number of nitrogens with zero attached hydrogens (tertiary/aromatic N) is 1. The van der Waals surface area contributed by atoms with E-state index in [0.29, 0.717) is 12.5 Å². The maximum Gasteiger partial charge on any atom is 0.122 e. The van der Waals surface area contributed by atoms with Gasteiger partial charge in [-0.05, 0) is 48.8 Å². The van der Waals surface area contributed by atoms with Crippen molar-refractivity contribution in [1.82, 2.24) is 4.90 Å². The lowest BCUT2D eigenvalue weighted by Crippen LogP contribution is -2.45. The lowest BCUT2D eigenvalue weighted by Gasteiger charge is -2.41. The third kappa shape index (κ3) is 4.52. The highest BCUT2D eigenvalue weighted by atomic mass is 16.5. The largest absolute Gasteiger partial charge is 0.491 e. The van der Waals surface area contributed by atoms with Crippen LogP contribution in [0.2, 0.25) is 0 Å². The summed E-state index contributed by atoms with van der Waals surface area (Å²) in [6, 6.07) is 8.17. The first-order chi connectivity index (χ1) is 11.6. The molecule has 1 aliphatic carbocycles. The van der Waals surface area contributed by atoms with Gasteiger partial charge < -0.3 is 14.7 Å². The first kappa shape index (κ1) is 17.8.